The molecule has 0 aliphatic carbocycles. The van der Waals surface area contributed by atoms with Crippen LogP contribution in [0.25, 0.3) is 10.9 Å². The van der Waals surface area contributed by atoms with E-state index in [1.807, 2.05) is 28.8 Å². The maximum atomic E-state index is 13.1. The van der Waals surface area contributed by atoms with Crippen LogP contribution in [0.2, 0.25) is 0 Å². The highest BCUT2D eigenvalue weighted by atomic mass is 35.5. The maximum Gasteiger partial charge on any atom is 0.261 e. The molecule has 4 nitrogen and oxygen atoms in total. The van der Waals surface area contributed by atoms with Gasteiger partial charge >= 0.3 is 0 Å². The summed E-state index contributed by atoms with van der Waals surface area (Å²) in [7, 11) is 4.16. The van der Waals surface area contributed by atoms with Gasteiger partial charge in [0.1, 0.15) is 5.82 Å². The van der Waals surface area contributed by atoms with Crippen LogP contribution in [-0.4, -0.2) is 35.1 Å². The molecule has 0 N–H and O–H groups in total. The molecule has 0 spiro atoms. The summed E-state index contributed by atoms with van der Waals surface area (Å²) in [5, 5.41) is 0.743. The van der Waals surface area contributed by atoms with Crippen molar-refractivity contribution in [2.45, 2.75) is 123 Å². The van der Waals surface area contributed by atoms with E-state index in [1.54, 1.807) is 0 Å². The second-order valence-electron chi connectivity index (χ2n) is 10.4. The first-order chi connectivity index (χ1) is 16.6. The second kappa shape index (κ2) is 19.8. The van der Waals surface area contributed by atoms with E-state index in [1.165, 1.54) is 89.9 Å². The Kier molecular flexibility index (Phi) is 17.9. The van der Waals surface area contributed by atoms with Crippen LogP contribution in [0.1, 0.15) is 115 Å². The Balaban J connectivity index is 0.00000612. The van der Waals surface area contributed by atoms with Crippen molar-refractivity contribution in [2.75, 3.05) is 20.6 Å². The molecule has 1 aromatic heterocycles. The van der Waals surface area contributed by atoms with Crippen LogP contribution in [0.4, 0.5) is 0 Å². The molecule has 0 bridgehead atoms. The van der Waals surface area contributed by atoms with Crippen molar-refractivity contribution in [3.63, 3.8) is 0 Å². The first kappa shape index (κ1) is 31.6. The molecule has 0 saturated heterocycles. The van der Waals surface area contributed by atoms with Gasteiger partial charge in [-0.3, -0.25) is 9.36 Å². The van der Waals surface area contributed by atoms with E-state index >= 15 is 0 Å². The predicted molar refractivity (Wildman–Crippen MR) is 155 cm³/mol. The van der Waals surface area contributed by atoms with Gasteiger partial charge in [0, 0.05) is 13.0 Å². The fourth-order valence-electron chi connectivity index (χ4n) is 4.83. The van der Waals surface area contributed by atoms with E-state index in [0.717, 1.165) is 49.1 Å². The topological polar surface area (TPSA) is 38.1 Å². The van der Waals surface area contributed by atoms with E-state index in [4.69, 9.17) is 4.98 Å². The Bertz CT molecular complexity index is 849. The molecular weight excluding hydrogens is 454 g/mol. The molecule has 1 aromatic carbocycles. The zero-order chi connectivity index (χ0) is 24.4. The van der Waals surface area contributed by atoms with Crippen molar-refractivity contribution < 1.29 is 0 Å². The molecule has 0 unspecified atom stereocenters. The number of rotatable bonds is 20. The van der Waals surface area contributed by atoms with Gasteiger partial charge < -0.3 is 4.90 Å². The summed E-state index contributed by atoms with van der Waals surface area (Å²) in [6, 6.07) is 7.79. The van der Waals surface area contributed by atoms with Gasteiger partial charge in [-0.2, -0.15) is 0 Å². The highest BCUT2D eigenvalue weighted by Crippen LogP contribution is 2.15. The number of unbranched alkanes of at least 4 members (excludes halogenated alkanes) is 14. The van der Waals surface area contributed by atoms with Crippen LogP contribution in [-0.2, 0) is 13.0 Å². The van der Waals surface area contributed by atoms with Crippen LogP contribution in [0.15, 0.2) is 29.1 Å². The number of para-hydroxylation sites is 1. The van der Waals surface area contributed by atoms with Gasteiger partial charge in [-0.15, -0.1) is 12.4 Å². The number of hydrogen-bond acceptors (Lipinski definition) is 3. The smallest absolute Gasteiger partial charge is 0.261 e. The maximum absolute atomic E-state index is 13.1. The van der Waals surface area contributed by atoms with Gasteiger partial charge in [-0.25, -0.2) is 4.98 Å². The van der Waals surface area contributed by atoms with Gasteiger partial charge in [-0.05, 0) is 45.6 Å². The largest absolute Gasteiger partial charge is 0.309 e. The highest BCUT2D eigenvalue weighted by Gasteiger charge is 2.10. The number of nitrogens with zero attached hydrogens (tertiary/aromatic N) is 3. The lowest BCUT2D eigenvalue weighted by Gasteiger charge is -2.15. The number of aryl methyl sites for hydroxylation is 1. The third-order valence-electron chi connectivity index (χ3n) is 6.93. The Morgan fingerprint density at radius 1 is 0.743 bits per heavy atom. The van der Waals surface area contributed by atoms with E-state index in [9.17, 15) is 4.79 Å². The summed E-state index contributed by atoms with van der Waals surface area (Å²) < 4.78 is 1.94. The third kappa shape index (κ3) is 12.9. The minimum absolute atomic E-state index is 0. The molecule has 0 atom stereocenters. The predicted octanol–water partition coefficient (Wildman–Crippen LogP) is 8.18. The van der Waals surface area contributed by atoms with Crippen molar-refractivity contribution in [2.24, 2.45) is 0 Å². The first-order valence-electron chi connectivity index (χ1n) is 14.3. The molecule has 1 heterocycles. The minimum atomic E-state index is 0. The van der Waals surface area contributed by atoms with Crippen LogP contribution in [0.5, 0.6) is 0 Å². The molecular formula is C30H52ClN3O. The van der Waals surface area contributed by atoms with Crippen molar-refractivity contribution >= 4 is 23.3 Å². The second-order valence-corrected chi connectivity index (χ2v) is 10.4. The molecule has 0 fully saturated rings. The van der Waals surface area contributed by atoms with Crippen molar-refractivity contribution in [1.82, 2.24) is 14.5 Å². The number of halogens is 1. The van der Waals surface area contributed by atoms with Crippen LogP contribution in [0.3, 0.4) is 0 Å². The lowest BCUT2D eigenvalue weighted by molar-refractivity contribution is 0.382. The number of hydrogen-bond donors (Lipinski definition) is 0. The summed E-state index contributed by atoms with van der Waals surface area (Å²) in [4.78, 5) is 20.2. The van der Waals surface area contributed by atoms with E-state index in [-0.39, 0.29) is 18.0 Å². The number of benzene rings is 1. The van der Waals surface area contributed by atoms with Gasteiger partial charge in [0.25, 0.3) is 5.56 Å². The zero-order valence-electron chi connectivity index (χ0n) is 22.9. The standard InChI is InChI=1S/C30H51N3O.ClH/c1-4-5-6-7-8-9-10-11-12-13-14-15-16-17-18-24-29-31-28-23-20-19-22-27(28)30(34)33(29)26-21-25-32(2)3;/h19-20,22-23H,4-18,21,24-26H2,1-3H3;1H. The summed E-state index contributed by atoms with van der Waals surface area (Å²) in [5.74, 6) is 0.970. The lowest BCUT2D eigenvalue weighted by atomic mass is 10.0. The fourth-order valence-corrected chi connectivity index (χ4v) is 4.83. The quantitative estimate of drug-likeness (QED) is 0.170. The Morgan fingerprint density at radius 2 is 1.26 bits per heavy atom. The Labute approximate surface area is 221 Å². The minimum Gasteiger partial charge on any atom is -0.309 e. The average Bonchev–Trinajstić information content (AvgIpc) is 2.83. The Hall–Kier alpha value is -1.39. The average molecular weight is 506 g/mol. The molecule has 2 aromatic rings. The summed E-state index contributed by atoms with van der Waals surface area (Å²) in [6.07, 6.45) is 22.4. The summed E-state index contributed by atoms with van der Waals surface area (Å²) in [6.45, 7) is 4.02. The molecule has 0 aliphatic heterocycles. The normalized spacial score (nSPS) is 11.3. The van der Waals surface area contributed by atoms with Crippen molar-refractivity contribution in [3.8, 4) is 0 Å². The molecule has 0 amide bonds. The zero-order valence-corrected chi connectivity index (χ0v) is 23.7. The van der Waals surface area contributed by atoms with E-state index < -0.39 is 0 Å². The highest BCUT2D eigenvalue weighted by molar-refractivity contribution is 5.85. The molecule has 2 rings (SSSR count). The molecule has 0 saturated carbocycles. The summed E-state index contributed by atoms with van der Waals surface area (Å²) >= 11 is 0. The molecule has 5 heteroatoms. The van der Waals surface area contributed by atoms with Gasteiger partial charge in [0.05, 0.1) is 10.9 Å². The molecule has 0 aliphatic rings. The molecule has 0 radical (unpaired) electrons. The van der Waals surface area contributed by atoms with Gasteiger partial charge in [0.2, 0.25) is 0 Å². The van der Waals surface area contributed by atoms with Gasteiger partial charge in [-0.1, -0.05) is 109 Å². The summed E-state index contributed by atoms with van der Waals surface area (Å²) in [5.41, 5.74) is 0.965. The fraction of sp³-hybridized carbons (Fsp3) is 0.733. The number of fused-ring (bicyclic) bond motifs is 1. The van der Waals surface area contributed by atoms with E-state index in [2.05, 4.69) is 25.9 Å². The van der Waals surface area contributed by atoms with Crippen molar-refractivity contribution in [3.05, 3.63) is 40.4 Å². The van der Waals surface area contributed by atoms with Gasteiger partial charge in [0.15, 0.2) is 0 Å². The van der Waals surface area contributed by atoms with Crippen LogP contribution < -0.4 is 5.56 Å². The van der Waals surface area contributed by atoms with Crippen LogP contribution in [0, 0.1) is 0 Å². The SMILES string of the molecule is CCCCCCCCCCCCCCCCCc1nc2ccccc2c(=O)n1CCCN(C)C.Cl. The lowest BCUT2D eigenvalue weighted by Crippen LogP contribution is -2.27. The van der Waals surface area contributed by atoms with E-state index in [0.29, 0.717) is 0 Å². The molecule has 35 heavy (non-hydrogen) atoms. The first-order valence-corrected chi connectivity index (χ1v) is 14.3. The Morgan fingerprint density at radius 3 is 1.80 bits per heavy atom. The third-order valence-corrected chi connectivity index (χ3v) is 6.93. The van der Waals surface area contributed by atoms with Crippen molar-refractivity contribution in [1.29, 1.82) is 0 Å². The van der Waals surface area contributed by atoms with Crippen LogP contribution >= 0.6 is 12.4 Å². The monoisotopic (exact) mass is 505 g/mol. The molecule has 200 valence electrons. The number of aromatic nitrogens is 2.